The van der Waals surface area contributed by atoms with E-state index in [-0.39, 0.29) is 5.78 Å². The van der Waals surface area contributed by atoms with E-state index >= 15 is 0 Å². The number of rotatable bonds is 0. The first-order valence-corrected chi connectivity index (χ1v) is 3.37. The Morgan fingerprint density at radius 1 is 1.67 bits per heavy atom. The van der Waals surface area contributed by atoms with Gasteiger partial charge in [-0.25, -0.2) is 4.39 Å². The Balaban J connectivity index is 2.44. The van der Waals surface area contributed by atoms with Gasteiger partial charge in [0.1, 0.15) is 0 Å². The lowest BCUT2D eigenvalue weighted by atomic mass is 9.89. The van der Waals surface area contributed by atoms with Gasteiger partial charge in [-0.1, -0.05) is 6.92 Å². The third kappa shape index (κ3) is 1.50. The molecule has 0 aliphatic heterocycles. The summed E-state index contributed by atoms with van der Waals surface area (Å²) in [7, 11) is 0. The van der Waals surface area contributed by atoms with Crippen LogP contribution >= 0.6 is 0 Å². The second kappa shape index (κ2) is 2.46. The van der Waals surface area contributed by atoms with Crippen LogP contribution in [0.1, 0.15) is 26.2 Å². The van der Waals surface area contributed by atoms with Crippen molar-refractivity contribution >= 4 is 5.78 Å². The highest BCUT2D eigenvalue weighted by atomic mass is 19.1. The van der Waals surface area contributed by atoms with Crippen LogP contribution in [0.3, 0.4) is 0 Å². The highest BCUT2D eigenvalue weighted by molar-refractivity contribution is 5.83. The molecule has 0 bridgehead atoms. The van der Waals surface area contributed by atoms with Crippen molar-refractivity contribution in [3.63, 3.8) is 0 Å². The van der Waals surface area contributed by atoms with Crippen LogP contribution in [-0.4, -0.2) is 12.0 Å². The van der Waals surface area contributed by atoms with Gasteiger partial charge in [0.25, 0.3) is 0 Å². The molecule has 0 aromatic heterocycles. The largest absolute Gasteiger partial charge is 0.296 e. The number of Topliss-reactive ketones (excluding diaryl/α,β-unsaturated/α-hetero) is 1. The normalized spacial score (nSPS) is 36.9. The quantitative estimate of drug-likeness (QED) is 0.488. The van der Waals surface area contributed by atoms with Gasteiger partial charge in [-0.05, 0) is 18.8 Å². The molecule has 0 heterocycles. The van der Waals surface area contributed by atoms with E-state index in [9.17, 15) is 9.18 Å². The molecule has 0 aromatic carbocycles. The van der Waals surface area contributed by atoms with Crippen molar-refractivity contribution in [3.05, 3.63) is 0 Å². The predicted octanol–water partition coefficient (Wildman–Crippen LogP) is 1.71. The van der Waals surface area contributed by atoms with Crippen LogP contribution in [-0.2, 0) is 4.79 Å². The minimum absolute atomic E-state index is 0.201. The van der Waals surface area contributed by atoms with Gasteiger partial charge in [-0.2, -0.15) is 0 Å². The minimum Gasteiger partial charge on any atom is -0.296 e. The maximum absolute atomic E-state index is 12.5. The number of hydrogen-bond acceptors (Lipinski definition) is 1. The van der Waals surface area contributed by atoms with Crippen LogP contribution in [0.2, 0.25) is 0 Å². The molecule has 1 fully saturated rings. The van der Waals surface area contributed by atoms with Gasteiger partial charge in [-0.3, -0.25) is 4.79 Å². The summed E-state index contributed by atoms with van der Waals surface area (Å²) in [6.07, 6.45) is 0.606. The van der Waals surface area contributed by atoms with Crippen molar-refractivity contribution in [1.29, 1.82) is 0 Å². The highest BCUT2D eigenvalue weighted by Gasteiger charge is 2.25. The Labute approximate surface area is 54.3 Å². The maximum atomic E-state index is 12.5. The fourth-order valence-electron chi connectivity index (χ4n) is 1.15. The van der Waals surface area contributed by atoms with E-state index in [0.29, 0.717) is 18.8 Å². The van der Waals surface area contributed by atoms with E-state index in [0.717, 1.165) is 6.42 Å². The molecule has 0 spiro atoms. The molecule has 9 heavy (non-hydrogen) atoms. The van der Waals surface area contributed by atoms with E-state index in [2.05, 4.69) is 0 Å². The molecule has 0 saturated heterocycles. The third-order valence-corrected chi connectivity index (χ3v) is 1.84. The zero-order valence-corrected chi connectivity index (χ0v) is 5.56. The molecule has 1 aliphatic carbocycles. The third-order valence-electron chi connectivity index (χ3n) is 1.84. The van der Waals surface area contributed by atoms with Crippen molar-refractivity contribution in [1.82, 2.24) is 0 Å². The van der Waals surface area contributed by atoms with Crippen molar-refractivity contribution in [2.45, 2.75) is 32.4 Å². The summed E-state index contributed by atoms with van der Waals surface area (Å²) in [5.41, 5.74) is 0. The zero-order chi connectivity index (χ0) is 6.85. The molecule has 0 N–H and O–H groups in total. The van der Waals surface area contributed by atoms with Crippen molar-refractivity contribution < 1.29 is 9.18 Å². The number of halogens is 1. The van der Waals surface area contributed by atoms with Gasteiger partial charge in [-0.15, -0.1) is 0 Å². The van der Waals surface area contributed by atoms with E-state index in [1.165, 1.54) is 0 Å². The number of hydrogen-bond donors (Lipinski definition) is 0. The average Bonchev–Trinajstić information content (AvgIpc) is 1.80. The Kier molecular flexibility index (Phi) is 1.84. The molecule has 1 rings (SSSR count). The first kappa shape index (κ1) is 6.72. The van der Waals surface area contributed by atoms with E-state index in [1.807, 2.05) is 6.92 Å². The Hall–Kier alpha value is -0.400. The standard InChI is InChI=1S/C7H11FO/c1-5-2-3-7(9)6(8)4-5/h5-6H,2-4H2,1H3/t5-,6+/m1/s1. The van der Waals surface area contributed by atoms with Gasteiger partial charge < -0.3 is 0 Å². The molecular formula is C7H11FO. The molecule has 2 heteroatoms. The summed E-state index contributed by atoms with van der Waals surface area (Å²) in [5, 5.41) is 0. The minimum atomic E-state index is -1.16. The van der Waals surface area contributed by atoms with Gasteiger partial charge in [0, 0.05) is 6.42 Å². The van der Waals surface area contributed by atoms with Gasteiger partial charge >= 0.3 is 0 Å². The van der Waals surface area contributed by atoms with Crippen LogP contribution in [0.15, 0.2) is 0 Å². The lowest BCUT2D eigenvalue weighted by molar-refractivity contribution is -0.126. The summed E-state index contributed by atoms with van der Waals surface area (Å²) >= 11 is 0. The van der Waals surface area contributed by atoms with E-state index in [1.54, 1.807) is 0 Å². The maximum Gasteiger partial charge on any atom is 0.166 e. The molecule has 1 aliphatic rings. The number of alkyl halides is 1. The molecule has 1 nitrogen and oxygen atoms in total. The SMILES string of the molecule is C[C@@H]1CCC(=O)[C@@H](F)C1. The summed E-state index contributed by atoms with van der Waals surface area (Å²) in [6, 6.07) is 0. The second-order valence-electron chi connectivity index (χ2n) is 2.81. The predicted molar refractivity (Wildman–Crippen MR) is 32.9 cm³/mol. The summed E-state index contributed by atoms with van der Waals surface area (Å²) in [4.78, 5) is 10.6. The Morgan fingerprint density at radius 3 is 2.78 bits per heavy atom. The smallest absolute Gasteiger partial charge is 0.166 e. The van der Waals surface area contributed by atoms with Crippen molar-refractivity contribution in [2.75, 3.05) is 0 Å². The fourth-order valence-corrected chi connectivity index (χ4v) is 1.15. The lowest BCUT2D eigenvalue weighted by Crippen LogP contribution is -2.24. The molecule has 0 amide bonds. The first-order chi connectivity index (χ1) is 4.20. The molecule has 0 radical (unpaired) electrons. The molecule has 0 unspecified atom stereocenters. The van der Waals surface area contributed by atoms with Crippen LogP contribution in [0.4, 0.5) is 4.39 Å². The summed E-state index contributed by atoms with van der Waals surface area (Å²) in [6.45, 7) is 1.99. The average molecular weight is 130 g/mol. The monoisotopic (exact) mass is 130 g/mol. The molecule has 1 saturated carbocycles. The summed E-state index contributed by atoms with van der Waals surface area (Å²) in [5.74, 6) is 0.200. The second-order valence-corrected chi connectivity index (χ2v) is 2.81. The lowest BCUT2D eigenvalue weighted by Gasteiger charge is -2.19. The van der Waals surface area contributed by atoms with Gasteiger partial charge in [0.05, 0.1) is 0 Å². The van der Waals surface area contributed by atoms with Crippen LogP contribution < -0.4 is 0 Å². The van der Waals surface area contributed by atoms with Crippen molar-refractivity contribution in [3.8, 4) is 0 Å². The van der Waals surface area contributed by atoms with Crippen LogP contribution in [0.25, 0.3) is 0 Å². The number of ketones is 1. The Bertz CT molecular complexity index is 122. The van der Waals surface area contributed by atoms with E-state index < -0.39 is 6.17 Å². The molecule has 52 valence electrons. The zero-order valence-electron chi connectivity index (χ0n) is 5.56. The fraction of sp³-hybridized carbons (Fsp3) is 0.857. The highest BCUT2D eigenvalue weighted by Crippen LogP contribution is 2.22. The van der Waals surface area contributed by atoms with E-state index in [4.69, 9.17) is 0 Å². The number of carbonyl (C=O) groups is 1. The first-order valence-electron chi connectivity index (χ1n) is 3.37. The summed E-state index contributed by atoms with van der Waals surface area (Å²) < 4.78 is 12.5. The van der Waals surface area contributed by atoms with Gasteiger partial charge in [0.15, 0.2) is 12.0 Å². The number of carbonyl (C=O) groups excluding carboxylic acids is 1. The Morgan fingerprint density at radius 2 is 2.33 bits per heavy atom. The van der Waals surface area contributed by atoms with Crippen LogP contribution in [0.5, 0.6) is 0 Å². The van der Waals surface area contributed by atoms with Crippen molar-refractivity contribution in [2.24, 2.45) is 5.92 Å². The molecular weight excluding hydrogens is 119 g/mol. The van der Waals surface area contributed by atoms with Crippen LogP contribution in [0, 0.1) is 5.92 Å². The molecule has 2 atom stereocenters. The topological polar surface area (TPSA) is 17.1 Å². The van der Waals surface area contributed by atoms with Gasteiger partial charge in [0.2, 0.25) is 0 Å². The molecule has 0 aromatic rings.